The minimum Gasteiger partial charge on any atom is -0.432 e. The summed E-state index contributed by atoms with van der Waals surface area (Å²) in [7, 11) is 0. The molecule has 0 aromatic rings. The summed E-state index contributed by atoms with van der Waals surface area (Å²) in [6.45, 7) is 7.80. The Labute approximate surface area is 78.0 Å². The van der Waals surface area contributed by atoms with Crippen LogP contribution in [0.5, 0.6) is 0 Å². The zero-order valence-corrected chi connectivity index (χ0v) is 8.00. The van der Waals surface area contributed by atoms with Gasteiger partial charge in [0.15, 0.2) is 0 Å². The van der Waals surface area contributed by atoms with Crippen molar-refractivity contribution in [1.82, 2.24) is 0 Å². The summed E-state index contributed by atoms with van der Waals surface area (Å²) < 4.78 is 9.72. The lowest BCUT2D eigenvalue weighted by Crippen LogP contribution is -2.04. The Balaban J connectivity index is 2.53. The molecule has 0 bridgehead atoms. The minimum absolute atomic E-state index is 0.312. The maximum atomic E-state index is 11.2. The summed E-state index contributed by atoms with van der Waals surface area (Å²) in [5.74, 6) is -0.326. The van der Waals surface area contributed by atoms with E-state index in [4.69, 9.17) is 4.74 Å². The summed E-state index contributed by atoms with van der Waals surface area (Å²) in [6, 6.07) is 0. The monoisotopic (exact) mass is 182 g/mol. The van der Waals surface area contributed by atoms with Crippen LogP contribution < -0.4 is 0 Å². The molecular weight excluding hydrogens is 168 g/mol. The number of esters is 1. The SMILES string of the molecule is C=COC(=O)C(C)=C(C)CC1CO1. The van der Waals surface area contributed by atoms with Crippen molar-refractivity contribution in [2.75, 3.05) is 6.61 Å². The molecule has 1 aliphatic heterocycles. The fourth-order valence-electron chi connectivity index (χ4n) is 1.02. The third kappa shape index (κ3) is 3.03. The van der Waals surface area contributed by atoms with Gasteiger partial charge in [0.1, 0.15) is 0 Å². The minimum atomic E-state index is -0.326. The topological polar surface area (TPSA) is 38.8 Å². The maximum absolute atomic E-state index is 11.2. The highest BCUT2D eigenvalue weighted by molar-refractivity contribution is 5.88. The molecule has 1 unspecified atom stereocenters. The average molecular weight is 182 g/mol. The second-order valence-corrected chi connectivity index (χ2v) is 3.14. The largest absolute Gasteiger partial charge is 0.432 e. The van der Waals surface area contributed by atoms with E-state index in [9.17, 15) is 4.79 Å². The van der Waals surface area contributed by atoms with Crippen molar-refractivity contribution in [3.05, 3.63) is 24.0 Å². The van der Waals surface area contributed by atoms with Gasteiger partial charge in [0, 0.05) is 5.57 Å². The van der Waals surface area contributed by atoms with E-state index in [0.717, 1.165) is 24.9 Å². The molecule has 0 spiro atoms. The van der Waals surface area contributed by atoms with Crippen molar-refractivity contribution in [2.45, 2.75) is 26.4 Å². The number of epoxide rings is 1. The van der Waals surface area contributed by atoms with Crippen LogP contribution >= 0.6 is 0 Å². The van der Waals surface area contributed by atoms with Crippen molar-refractivity contribution < 1.29 is 14.3 Å². The summed E-state index contributed by atoms with van der Waals surface area (Å²) in [4.78, 5) is 11.2. The molecule has 0 radical (unpaired) electrons. The van der Waals surface area contributed by atoms with Gasteiger partial charge in [0.25, 0.3) is 0 Å². The molecule has 13 heavy (non-hydrogen) atoms. The van der Waals surface area contributed by atoms with Gasteiger partial charge in [-0.3, -0.25) is 0 Å². The number of carbonyl (C=O) groups excluding carboxylic acids is 1. The predicted octanol–water partition coefficient (Wildman–Crippen LogP) is 1.80. The number of ether oxygens (including phenoxy) is 2. The Morgan fingerprint density at radius 1 is 1.69 bits per heavy atom. The highest BCUT2D eigenvalue weighted by atomic mass is 16.6. The number of rotatable bonds is 4. The van der Waals surface area contributed by atoms with E-state index in [1.54, 1.807) is 6.92 Å². The van der Waals surface area contributed by atoms with E-state index in [2.05, 4.69) is 11.3 Å². The van der Waals surface area contributed by atoms with E-state index in [0.29, 0.717) is 11.7 Å². The maximum Gasteiger partial charge on any atom is 0.338 e. The molecule has 3 nitrogen and oxygen atoms in total. The molecular formula is C10H14O3. The predicted molar refractivity (Wildman–Crippen MR) is 49.0 cm³/mol. The third-order valence-electron chi connectivity index (χ3n) is 2.07. The molecule has 0 aromatic heterocycles. The summed E-state index contributed by atoms with van der Waals surface area (Å²) in [6.07, 6.45) is 2.27. The molecule has 1 saturated heterocycles. The van der Waals surface area contributed by atoms with Gasteiger partial charge >= 0.3 is 5.97 Å². The van der Waals surface area contributed by atoms with E-state index in [1.165, 1.54) is 0 Å². The van der Waals surface area contributed by atoms with Crippen LogP contribution in [0, 0.1) is 0 Å². The van der Waals surface area contributed by atoms with Crippen LogP contribution in [0.25, 0.3) is 0 Å². The molecule has 3 heteroatoms. The highest BCUT2D eigenvalue weighted by Gasteiger charge is 2.23. The van der Waals surface area contributed by atoms with Crippen LogP contribution in [0.2, 0.25) is 0 Å². The van der Waals surface area contributed by atoms with Crippen LogP contribution in [-0.4, -0.2) is 18.7 Å². The van der Waals surface area contributed by atoms with Crippen molar-refractivity contribution in [3.8, 4) is 0 Å². The Morgan fingerprint density at radius 2 is 2.31 bits per heavy atom. The lowest BCUT2D eigenvalue weighted by atomic mass is 10.1. The third-order valence-corrected chi connectivity index (χ3v) is 2.07. The summed E-state index contributed by atoms with van der Waals surface area (Å²) >= 11 is 0. The van der Waals surface area contributed by atoms with Gasteiger partial charge < -0.3 is 9.47 Å². The lowest BCUT2D eigenvalue weighted by Gasteiger charge is -2.03. The van der Waals surface area contributed by atoms with Gasteiger partial charge in [-0.1, -0.05) is 12.2 Å². The van der Waals surface area contributed by atoms with Crippen LogP contribution in [-0.2, 0) is 14.3 Å². The van der Waals surface area contributed by atoms with Gasteiger partial charge in [-0.15, -0.1) is 0 Å². The number of hydrogen-bond donors (Lipinski definition) is 0. The van der Waals surface area contributed by atoms with Crippen molar-refractivity contribution in [3.63, 3.8) is 0 Å². The molecule has 0 amide bonds. The van der Waals surface area contributed by atoms with Gasteiger partial charge in [-0.2, -0.15) is 0 Å². The fourth-order valence-corrected chi connectivity index (χ4v) is 1.02. The first kappa shape index (κ1) is 9.99. The molecule has 0 saturated carbocycles. The van der Waals surface area contributed by atoms with Gasteiger partial charge in [0.05, 0.1) is 19.0 Å². The smallest absolute Gasteiger partial charge is 0.338 e. The molecule has 0 N–H and O–H groups in total. The summed E-state index contributed by atoms with van der Waals surface area (Å²) in [5, 5.41) is 0. The average Bonchev–Trinajstić information content (AvgIpc) is 2.87. The van der Waals surface area contributed by atoms with Gasteiger partial charge in [-0.25, -0.2) is 4.79 Å². The Kier molecular flexibility index (Phi) is 3.25. The molecule has 1 fully saturated rings. The number of hydrogen-bond acceptors (Lipinski definition) is 3. The summed E-state index contributed by atoms with van der Waals surface area (Å²) in [5.41, 5.74) is 1.67. The lowest BCUT2D eigenvalue weighted by molar-refractivity contribution is -0.133. The van der Waals surface area contributed by atoms with Crippen molar-refractivity contribution in [2.24, 2.45) is 0 Å². The Hall–Kier alpha value is -1.09. The standard InChI is InChI=1S/C10H14O3/c1-4-12-10(11)8(3)7(2)5-9-6-13-9/h4,9H,1,5-6H2,2-3H3. The zero-order valence-electron chi connectivity index (χ0n) is 8.00. The first-order valence-corrected chi connectivity index (χ1v) is 4.25. The molecule has 1 aliphatic rings. The second kappa shape index (κ2) is 4.23. The zero-order chi connectivity index (χ0) is 9.84. The van der Waals surface area contributed by atoms with Gasteiger partial charge in [-0.05, 0) is 20.3 Å². The molecule has 72 valence electrons. The van der Waals surface area contributed by atoms with Crippen LogP contribution in [0.4, 0.5) is 0 Å². The van der Waals surface area contributed by atoms with Crippen LogP contribution in [0.15, 0.2) is 24.0 Å². The molecule has 0 aromatic carbocycles. The highest BCUT2D eigenvalue weighted by Crippen LogP contribution is 2.21. The van der Waals surface area contributed by atoms with E-state index >= 15 is 0 Å². The Morgan fingerprint density at radius 3 is 2.77 bits per heavy atom. The van der Waals surface area contributed by atoms with E-state index in [-0.39, 0.29) is 5.97 Å². The molecule has 0 aliphatic carbocycles. The van der Waals surface area contributed by atoms with Crippen molar-refractivity contribution >= 4 is 5.97 Å². The molecule has 1 rings (SSSR count). The van der Waals surface area contributed by atoms with Crippen LogP contribution in [0.3, 0.4) is 0 Å². The first-order chi connectivity index (χ1) is 6.15. The second-order valence-electron chi connectivity index (χ2n) is 3.14. The first-order valence-electron chi connectivity index (χ1n) is 4.25. The number of carbonyl (C=O) groups is 1. The van der Waals surface area contributed by atoms with E-state index in [1.807, 2.05) is 6.92 Å². The van der Waals surface area contributed by atoms with Crippen molar-refractivity contribution in [1.29, 1.82) is 0 Å². The van der Waals surface area contributed by atoms with Gasteiger partial charge in [0.2, 0.25) is 0 Å². The normalized spacial score (nSPS) is 21.8. The van der Waals surface area contributed by atoms with E-state index < -0.39 is 0 Å². The Bertz CT molecular complexity index is 249. The fraction of sp³-hybridized carbons (Fsp3) is 0.500. The quantitative estimate of drug-likeness (QED) is 0.288. The molecule has 1 atom stereocenters. The molecule has 1 heterocycles. The van der Waals surface area contributed by atoms with Crippen LogP contribution in [0.1, 0.15) is 20.3 Å².